The van der Waals surface area contributed by atoms with E-state index in [1.54, 1.807) is 12.5 Å². The van der Waals surface area contributed by atoms with E-state index < -0.39 is 0 Å². The van der Waals surface area contributed by atoms with Crippen LogP contribution < -0.4 is 0 Å². The Balaban J connectivity index is 2.22. The topological polar surface area (TPSA) is 38.1 Å². The van der Waals surface area contributed by atoms with Crippen LogP contribution in [0, 0.1) is 5.92 Å². The number of carbonyl (C=O) groups excluding carboxylic acids is 1. The van der Waals surface area contributed by atoms with Crippen molar-refractivity contribution in [3.8, 4) is 0 Å². The summed E-state index contributed by atoms with van der Waals surface area (Å²) in [7, 11) is 0. The van der Waals surface area contributed by atoms with Crippen LogP contribution in [0.1, 0.15) is 32.7 Å². The quantitative estimate of drug-likeness (QED) is 0.776. The van der Waals surface area contributed by atoms with Crippen LogP contribution in [0.15, 0.2) is 18.7 Å². The van der Waals surface area contributed by atoms with E-state index in [1.807, 2.05) is 22.6 Å². The van der Waals surface area contributed by atoms with Gasteiger partial charge in [0.15, 0.2) is 0 Å². The second-order valence-electron chi connectivity index (χ2n) is 4.38. The summed E-state index contributed by atoms with van der Waals surface area (Å²) >= 11 is 0. The van der Waals surface area contributed by atoms with Gasteiger partial charge in [-0.15, -0.1) is 0 Å². The van der Waals surface area contributed by atoms with Crippen LogP contribution in [-0.2, 0) is 4.79 Å². The maximum Gasteiger partial charge on any atom is 0.246 e. The number of hydrogen-bond donors (Lipinski definition) is 0. The lowest BCUT2D eigenvalue weighted by molar-refractivity contribution is -0.130. The predicted molar refractivity (Wildman–Crippen MR) is 61.9 cm³/mol. The molecule has 0 bridgehead atoms. The van der Waals surface area contributed by atoms with Gasteiger partial charge in [-0.05, 0) is 13.3 Å². The van der Waals surface area contributed by atoms with Crippen molar-refractivity contribution in [3.63, 3.8) is 0 Å². The van der Waals surface area contributed by atoms with Gasteiger partial charge in [-0.25, -0.2) is 4.98 Å². The van der Waals surface area contributed by atoms with Gasteiger partial charge in [-0.1, -0.05) is 13.3 Å². The third kappa shape index (κ3) is 1.84. The van der Waals surface area contributed by atoms with Gasteiger partial charge < -0.3 is 9.47 Å². The minimum Gasteiger partial charge on any atom is -0.341 e. The molecule has 0 radical (unpaired) electrons. The molecule has 2 rings (SSSR count). The van der Waals surface area contributed by atoms with Gasteiger partial charge in [0, 0.05) is 31.4 Å². The van der Waals surface area contributed by atoms with E-state index in [1.165, 1.54) is 0 Å². The summed E-state index contributed by atoms with van der Waals surface area (Å²) in [6.45, 7) is 5.91. The molecule has 1 aliphatic heterocycles. The largest absolute Gasteiger partial charge is 0.341 e. The van der Waals surface area contributed by atoms with Crippen molar-refractivity contribution in [2.45, 2.75) is 32.7 Å². The number of nitrogens with zero attached hydrogens (tertiary/aromatic N) is 3. The highest BCUT2D eigenvalue weighted by Crippen LogP contribution is 2.32. The summed E-state index contributed by atoms with van der Waals surface area (Å²) < 4.78 is 1.96. The van der Waals surface area contributed by atoms with Crippen LogP contribution >= 0.6 is 0 Å². The van der Waals surface area contributed by atoms with Crippen molar-refractivity contribution < 1.29 is 4.79 Å². The molecule has 4 heteroatoms. The number of aromatic nitrogens is 2. The van der Waals surface area contributed by atoms with Crippen molar-refractivity contribution in [3.05, 3.63) is 18.7 Å². The lowest BCUT2D eigenvalue weighted by Gasteiger charge is -2.16. The number of hydrogen-bond acceptors (Lipinski definition) is 2. The zero-order valence-corrected chi connectivity index (χ0v) is 9.97. The third-order valence-corrected chi connectivity index (χ3v) is 3.35. The van der Waals surface area contributed by atoms with E-state index in [-0.39, 0.29) is 11.9 Å². The average molecular weight is 221 g/mol. The predicted octanol–water partition coefficient (Wildman–Crippen LogP) is 1.70. The number of likely N-dealkylation sites (N-methyl/N-ethyl adjacent to an activating group) is 1. The van der Waals surface area contributed by atoms with Crippen LogP contribution in [0.25, 0.3) is 0 Å². The Labute approximate surface area is 96.3 Å². The fourth-order valence-electron chi connectivity index (χ4n) is 2.57. The number of amides is 1. The Morgan fingerprint density at radius 1 is 1.50 bits per heavy atom. The summed E-state index contributed by atoms with van der Waals surface area (Å²) in [5.41, 5.74) is 0. The minimum atomic E-state index is -0.0256. The van der Waals surface area contributed by atoms with E-state index in [9.17, 15) is 4.79 Å². The lowest BCUT2D eigenvalue weighted by Crippen LogP contribution is -2.27. The molecule has 0 aliphatic carbocycles. The zero-order chi connectivity index (χ0) is 11.5. The number of likely N-dealkylation sites (tertiary alicyclic amines) is 1. The fraction of sp³-hybridized carbons (Fsp3) is 0.667. The molecule has 0 N–H and O–H groups in total. The summed E-state index contributed by atoms with van der Waals surface area (Å²) in [5, 5.41) is 0. The van der Waals surface area contributed by atoms with Crippen LogP contribution in [0.2, 0.25) is 0 Å². The zero-order valence-electron chi connectivity index (χ0n) is 9.97. The second kappa shape index (κ2) is 4.68. The van der Waals surface area contributed by atoms with Crippen LogP contribution in [-0.4, -0.2) is 33.4 Å². The molecule has 2 heterocycles. The molecule has 88 valence electrons. The molecule has 2 atom stereocenters. The number of carbonyl (C=O) groups is 1. The maximum absolute atomic E-state index is 12.2. The molecule has 16 heavy (non-hydrogen) atoms. The molecule has 0 aromatic carbocycles. The van der Waals surface area contributed by atoms with Gasteiger partial charge in [0.05, 0.1) is 6.33 Å². The van der Waals surface area contributed by atoms with E-state index >= 15 is 0 Å². The highest BCUT2D eigenvalue weighted by Gasteiger charge is 2.39. The van der Waals surface area contributed by atoms with Crippen molar-refractivity contribution in [2.24, 2.45) is 5.92 Å². The molecule has 0 saturated carbocycles. The first-order valence-corrected chi connectivity index (χ1v) is 6.04. The van der Waals surface area contributed by atoms with E-state index in [0.717, 1.165) is 25.9 Å². The van der Waals surface area contributed by atoms with Crippen LogP contribution in [0.3, 0.4) is 0 Å². The van der Waals surface area contributed by atoms with E-state index in [0.29, 0.717) is 5.92 Å². The van der Waals surface area contributed by atoms with Crippen LogP contribution in [0.4, 0.5) is 0 Å². The summed E-state index contributed by atoms with van der Waals surface area (Å²) in [6.07, 6.45) is 7.62. The van der Waals surface area contributed by atoms with Crippen molar-refractivity contribution in [1.82, 2.24) is 14.5 Å². The molecule has 1 aromatic rings. The SMILES string of the molecule is CCCC1CN(CC)C(=O)C1n1ccnc1. The molecular formula is C12H19N3O. The van der Waals surface area contributed by atoms with E-state index in [4.69, 9.17) is 0 Å². The smallest absolute Gasteiger partial charge is 0.246 e. The van der Waals surface area contributed by atoms with E-state index in [2.05, 4.69) is 11.9 Å². The van der Waals surface area contributed by atoms with Crippen molar-refractivity contribution in [1.29, 1.82) is 0 Å². The average Bonchev–Trinajstić information content (AvgIpc) is 2.87. The Morgan fingerprint density at radius 2 is 2.31 bits per heavy atom. The number of rotatable bonds is 4. The Morgan fingerprint density at radius 3 is 2.88 bits per heavy atom. The van der Waals surface area contributed by atoms with Gasteiger partial charge in [0.25, 0.3) is 0 Å². The minimum absolute atomic E-state index is 0.0256. The molecule has 1 saturated heterocycles. The maximum atomic E-state index is 12.2. The first-order chi connectivity index (χ1) is 7.77. The normalized spacial score (nSPS) is 25.4. The Kier molecular flexibility index (Phi) is 3.27. The molecule has 1 aromatic heterocycles. The monoisotopic (exact) mass is 221 g/mol. The first kappa shape index (κ1) is 11.2. The van der Waals surface area contributed by atoms with Gasteiger partial charge >= 0.3 is 0 Å². The molecule has 1 aliphatic rings. The van der Waals surface area contributed by atoms with Gasteiger partial charge in [-0.2, -0.15) is 0 Å². The molecule has 0 spiro atoms. The Hall–Kier alpha value is -1.32. The van der Waals surface area contributed by atoms with Crippen LogP contribution in [0.5, 0.6) is 0 Å². The second-order valence-corrected chi connectivity index (χ2v) is 4.38. The molecule has 4 nitrogen and oxygen atoms in total. The van der Waals surface area contributed by atoms with Gasteiger partial charge in [-0.3, -0.25) is 4.79 Å². The highest BCUT2D eigenvalue weighted by atomic mass is 16.2. The third-order valence-electron chi connectivity index (χ3n) is 3.35. The highest BCUT2D eigenvalue weighted by molar-refractivity contribution is 5.83. The first-order valence-electron chi connectivity index (χ1n) is 6.04. The van der Waals surface area contributed by atoms with Gasteiger partial charge in [0.2, 0.25) is 5.91 Å². The van der Waals surface area contributed by atoms with Crippen molar-refractivity contribution in [2.75, 3.05) is 13.1 Å². The molecule has 1 fully saturated rings. The summed E-state index contributed by atoms with van der Waals surface area (Å²) in [4.78, 5) is 18.2. The summed E-state index contributed by atoms with van der Waals surface area (Å²) in [6, 6.07) is -0.0256. The Bertz CT molecular complexity index is 347. The van der Waals surface area contributed by atoms with Gasteiger partial charge in [0.1, 0.15) is 6.04 Å². The number of imidazole rings is 1. The molecule has 1 amide bonds. The molecule has 2 unspecified atom stereocenters. The van der Waals surface area contributed by atoms with Crippen molar-refractivity contribution >= 4 is 5.91 Å². The summed E-state index contributed by atoms with van der Waals surface area (Å²) in [5.74, 6) is 0.686. The fourth-order valence-corrected chi connectivity index (χ4v) is 2.57. The standard InChI is InChI=1S/C12H19N3O/c1-3-5-10-8-14(4-2)12(16)11(10)15-7-6-13-9-15/h6-7,9-11H,3-5,8H2,1-2H3. The molecular weight excluding hydrogens is 202 g/mol. The lowest BCUT2D eigenvalue weighted by atomic mass is 9.98.